The molecule has 2 aromatic heterocycles. The third-order valence-electron chi connectivity index (χ3n) is 4.18. The first kappa shape index (κ1) is 21.1. The maximum atomic E-state index is 12.4. The summed E-state index contributed by atoms with van der Waals surface area (Å²) in [5, 5.41) is 16.2. The lowest BCUT2D eigenvalue weighted by molar-refractivity contribution is 0.121. The van der Waals surface area contributed by atoms with E-state index >= 15 is 0 Å². The second-order valence-corrected chi connectivity index (χ2v) is 6.65. The molecule has 2 heterocycles. The smallest absolute Gasteiger partial charge is 0.413 e. The fourth-order valence-electron chi connectivity index (χ4n) is 2.63. The van der Waals surface area contributed by atoms with Crippen molar-refractivity contribution in [1.29, 1.82) is 0 Å². The van der Waals surface area contributed by atoms with Gasteiger partial charge in [-0.2, -0.15) is 0 Å². The quantitative estimate of drug-likeness (QED) is 0.569. The molecule has 30 heavy (non-hydrogen) atoms. The van der Waals surface area contributed by atoms with Crippen LogP contribution in [0.15, 0.2) is 42.6 Å². The van der Waals surface area contributed by atoms with Crippen molar-refractivity contribution in [3.05, 3.63) is 53.2 Å². The summed E-state index contributed by atoms with van der Waals surface area (Å²) < 4.78 is 6.85. The third-order valence-corrected chi connectivity index (χ3v) is 4.52. The van der Waals surface area contributed by atoms with Gasteiger partial charge >= 0.3 is 12.1 Å². The number of aromatic nitrogens is 4. The van der Waals surface area contributed by atoms with E-state index in [1.54, 1.807) is 44.3 Å². The largest absolute Gasteiger partial charge is 0.441 e. The number of carbonyl (C=O) groups is 2. The van der Waals surface area contributed by atoms with E-state index in [-0.39, 0.29) is 6.03 Å². The Labute approximate surface area is 177 Å². The summed E-state index contributed by atoms with van der Waals surface area (Å²) in [4.78, 5) is 28.0. The van der Waals surface area contributed by atoms with Crippen molar-refractivity contribution in [3.8, 4) is 11.3 Å². The fourth-order valence-corrected chi connectivity index (χ4v) is 2.92. The minimum Gasteiger partial charge on any atom is -0.441 e. The second-order valence-electron chi connectivity index (χ2n) is 6.24. The zero-order chi connectivity index (χ0) is 21.7. The first-order valence-electron chi connectivity index (χ1n) is 8.96. The van der Waals surface area contributed by atoms with Crippen LogP contribution in [-0.2, 0) is 11.8 Å². The molecule has 0 saturated carbocycles. The molecule has 0 bridgehead atoms. The summed E-state index contributed by atoms with van der Waals surface area (Å²) in [5.74, 6) is 0.699. The van der Waals surface area contributed by atoms with E-state index in [0.717, 1.165) is 0 Å². The van der Waals surface area contributed by atoms with Gasteiger partial charge in [-0.25, -0.2) is 19.3 Å². The van der Waals surface area contributed by atoms with Crippen molar-refractivity contribution in [1.82, 2.24) is 25.3 Å². The number of halogens is 1. The average molecular weight is 430 g/mol. The number of urea groups is 1. The standard InChI is InChI=1S/C19H20ClN7O3/c1-11(13-6-4-5-7-14(13)20)30-19(29)24-17-16(25-26-27(17)3)12-8-9-15(22-10-12)23-18(28)21-2/h4-11H,1-3H3,(H,24,29)(H2,21,22,23,28)/t11-/m1/s1. The van der Waals surface area contributed by atoms with E-state index in [9.17, 15) is 9.59 Å². The number of amides is 3. The Morgan fingerprint density at radius 1 is 1.17 bits per heavy atom. The maximum Gasteiger partial charge on any atom is 0.413 e. The van der Waals surface area contributed by atoms with Crippen LogP contribution in [0.4, 0.5) is 21.2 Å². The predicted molar refractivity (Wildman–Crippen MR) is 112 cm³/mol. The lowest BCUT2D eigenvalue weighted by Gasteiger charge is -2.15. The summed E-state index contributed by atoms with van der Waals surface area (Å²) >= 11 is 6.16. The van der Waals surface area contributed by atoms with Gasteiger partial charge in [0, 0.05) is 36.4 Å². The van der Waals surface area contributed by atoms with Gasteiger partial charge < -0.3 is 10.1 Å². The Morgan fingerprint density at radius 3 is 2.60 bits per heavy atom. The Kier molecular flexibility index (Phi) is 6.48. The van der Waals surface area contributed by atoms with Gasteiger partial charge in [0.05, 0.1) is 0 Å². The van der Waals surface area contributed by atoms with Crippen molar-refractivity contribution < 1.29 is 14.3 Å². The summed E-state index contributed by atoms with van der Waals surface area (Å²) in [6.07, 6.45) is 0.276. The summed E-state index contributed by atoms with van der Waals surface area (Å²) in [6.45, 7) is 1.73. The van der Waals surface area contributed by atoms with Gasteiger partial charge in [0.2, 0.25) is 0 Å². The molecule has 0 aliphatic carbocycles. The van der Waals surface area contributed by atoms with Crippen LogP contribution >= 0.6 is 11.6 Å². The van der Waals surface area contributed by atoms with Gasteiger partial charge in [0.1, 0.15) is 17.6 Å². The van der Waals surface area contributed by atoms with Crippen molar-refractivity contribution in [2.75, 3.05) is 17.7 Å². The molecule has 0 aliphatic heterocycles. The lowest BCUT2D eigenvalue weighted by atomic mass is 10.1. The average Bonchev–Trinajstić information content (AvgIpc) is 3.08. The Morgan fingerprint density at radius 2 is 1.93 bits per heavy atom. The van der Waals surface area contributed by atoms with Crippen LogP contribution < -0.4 is 16.0 Å². The number of carbonyl (C=O) groups excluding carboxylic acids is 2. The molecule has 156 valence electrons. The molecule has 3 amide bonds. The number of pyridine rings is 1. The monoisotopic (exact) mass is 429 g/mol. The summed E-state index contributed by atoms with van der Waals surface area (Å²) in [5.41, 5.74) is 1.69. The molecule has 3 N–H and O–H groups in total. The van der Waals surface area contributed by atoms with Crippen LogP contribution in [0.2, 0.25) is 5.02 Å². The van der Waals surface area contributed by atoms with Crippen LogP contribution in [-0.4, -0.2) is 39.1 Å². The molecule has 0 radical (unpaired) electrons. The molecule has 10 nitrogen and oxygen atoms in total. The molecule has 0 saturated heterocycles. The van der Waals surface area contributed by atoms with E-state index in [1.165, 1.54) is 17.9 Å². The van der Waals surface area contributed by atoms with Gasteiger partial charge in [-0.1, -0.05) is 35.0 Å². The Balaban J connectivity index is 1.73. The number of aryl methyl sites for hydroxylation is 1. The molecule has 1 aromatic carbocycles. The minimum absolute atomic E-state index is 0.333. The molecule has 0 aliphatic rings. The molecule has 3 rings (SSSR count). The highest BCUT2D eigenvalue weighted by atomic mass is 35.5. The van der Waals surface area contributed by atoms with Crippen molar-refractivity contribution in [2.45, 2.75) is 13.0 Å². The number of benzene rings is 1. The van der Waals surface area contributed by atoms with Crippen LogP contribution in [0.25, 0.3) is 11.3 Å². The second kappa shape index (κ2) is 9.23. The Hall–Kier alpha value is -3.66. The van der Waals surface area contributed by atoms with E-state index < -0.39 is 12.2 Å². The minimum atomic E-state index is -0.681. The van der Waals surface area contributed by atoms with Crippen molar-refractivity contribution >= 4 is 35.4 Å². The van der Waals surface area contributed by atoms with E-state index in [4.69, 9.17) is 16.3 Å². The van der Waals surface area contributed by atoms with E-state index in [1.807, 2.05) is 6.07 Å². The van der Waals surface area contributed by atoms with Crippen molar-refractivity contribution in [3.63, 3.8) is 0 Å². The van der Waals surface area contributed by atoms with E-state index in [0.29, 0.717) is 33.5 Å². The number of rotatable bonds is 5. The van der Waals surface area contributed by atoms with Gasteiger partial charge in [-0.05, 0) is 25.1 Å². The van der Waals surface area contributed by atoms with Crippen molar-refractivity contribution in [2.24, 2.45) is 7.05 Å². The molecule has 0 unspecified atom stereocenters. The molecule has 0 fully saturated rings. The molecule has 0 spiro atoms. The van der Waals surface area contributed by atoms with E-state index in [2.05, 4.69) is 31.2 Å². The first-order chi connectivity index (χ1) is 14.4. The predicted octanol–water partition coefficient (Wildman–Crippen LogP) is 3.59. The fraction of sp³-hybridized carbons (Fsp3) is 0.211. The van der Waals surface area contributed by atoms with Crippen LogP contribution in [0.3, 0.4) is 0 Å². The zero-order valence-corrected chi connectivity index (χ0v) is 17.3. The van der Waals surface area contributed by atoms with Gasteiger partial charge in [-0.15, -0.1) is 5.10 Å². The summed E-state index contributed by atoms with van der Waals surface area (Å²) in [6, 6.07) is 10.1. The Bertz CT molecular complexity index is 1050. The molecular weight excluding hydrogens is 410 g/mol. The highest BCUT2D eigenvalue weighted by Gasteiger charge is 2.19. The van der Waals surface area contributed by atoms with Gasteiger partial charge in [-0.3, -0.25) is 10.6 Å². The number of ether oxygens (including phenoxy) is 1. The number of hydrogen-bond acceptors (Lipinski definition) is 6. The SMILES string of the molecule is CNC(=O)Nc1ccc(-c2nnn(C)c2NC(=O)O[C@H](C)c2ccccc2Cl)cn1. The molecule has 1 atom stereocenters. The zero-order valence-electron chi connectivity index (χ0n) is 16.5. The molecule has 11 heteroatoms. The lowest BCUT2D eigenvalue weighted by Crippen LogP contribution is -2.24. The first-order valence-corrected chi connectivity index (χ1v) is 9.33. The van der Waals surface area contributed by atoms with Gasteiger partial charge in [0.15, 0.2) is 5.82 Å². The molecular formula is C19H20ClN7O3. The number of nitrogens with zero attached hydrogens (tertiary/aromatic N) is 4. The molecule has 3 aromatic rings. The van der Waals surface area contributed by atoms with Crippen LogP contribution in [0.5, 0.6) is 0 Å². The van der Waals surface area contributed by atoms with Crippen LogP contribution in [0, 0.1) is 0 Å². The number of anilines is 2. The number of nitrogens with one attached hydrogen (secondary N) is 3. The highest BCUT2D eigenvalue weighted by Crippen LogP contribution is 2.28. The third kappa shape index (κ3) is 4.84. The highest BCUT2D eigenvalue weighted by molar-refractivity contribution is 6.31. The van der Waals surface area contributed by atoms with Gasteiger partial charge in [0.25, 0.3) is 0 Å². The maximum absolute atomic E-state index is 12.4. The number of hydrogen-bond donors (Lipinski definition) is 3. The normalized spacial score (nSPS) is 11.5. The summed E-state index contributed by atoms with van der Waals surface area (Å²) in [7, 11) is 3.14. The van der Waals surface area contributed by atoms with Crippen LogP contribution in [0.1, 0.15) is 18.6 Å². The topological polar surface area (TPSA) is 123 Å².